The second-order valence-electron chi connectivity index (χ2n) is 6.50. The van der Waals surface area contributed by atoms with Crippen LogP contribution in [0.3, 0.4) is 0 Å². The zero-order valence-electron chi connectivity index (χ0n) is 14.5. The SMILES string of the molecule is NC(Cc1ccccc1)[C@@H](O)CNC[C@H](O)C(N)Cc1ccccc1. The summed E-state index contributed by atoms with van der Waals surface area (Å²) in [7, 11) is 0. The molecule has 2 aromatic rings. The van der Waals surface area contributed by atoms with E-state index in [0.29, 0.717) is 25.9 Å². The average molecular weight is 343 g/mol. The van der Waals surface area contributed by atoms with E-state index < -0.39 is 12.2 Å². The molecule has 0 aliphatic rings. The first-order valence-corrected chi connectivity index (χ1v) is 8.72. The Labute approximate surface area is 149 Å². The summed E-state index contributed by atoms with van der Waals surface area (Å²) in [5.74, 6) is 0. The highest BCUT2D eigenvalue weighted by atomic mass is 16.3. The predicted molar refractivity (Wildman–Crippen MR) is 101 cm³/mol. The minimum absolute atomic E-state index is 0.323. The molecule has 4 atom stereocenters. The third kappa shape index (κ3) is 6.94. The van der Waals surface area contributed by atoms with Gasteiger partial charge in [-0.3, -0.25) is 0 Å². The van der Waals surface area contributed by atoms with E-state index in [1.54, 1.807) is 0 Å². The Balaban J connectivity index is 1.68. The fourth-order valence-electron chi connectivity index (χ4n) is 2.73. The zero-order valence-corrected chi connectivity index (χ0v) is 14.5. The van der Waals surface area contributed by atoms with Crippen molar-refractivity contribution in [2.45, 2.75) is 37.1 Å². The third-order valence-electron chi connectivity index (χ3n) is 4.32. The van der Waals surface area contributed by atoms with Gasteiger partial charge in [-0.05, 0) is 24.0 Å². The van der Waals surface area contributed by atoms with Crippen LogP contribution in [0.15, 0.2) is 60.7 Å². The lowest BCUT2D eigenvalue weighted by molar-refractivity contribution is 0.116. The quantitative estimate of drug-likeness (QED) is 0.430. The van der Waals surface area contributed by atoms with Gasteiger partial charge in [0.25, 0.3) is 0 Å². The van der Waals surface area contributed by atoms with Crippen LogP contribution in [0.4, 0.5) is 0 Å². The number of nitrogens with one attached hydrogen (secondary N) is 1. The molecule has 0 bridgehead atoms. The van der Waals surface area contributed by atoms with E-state index in [9.17, 15) is 10.2 Å². The summed E-state index contributed by atoms with van der Waals surface area (Å²) >= 11 is 0. The van der Waals surface area contributed by atoms with Crippen molar-refractivity contribution in [3.8, 4) is 0 Å². The van der Waals surface area contributed by atoms with E-state index >= 15 is 0 Å². The van der Waals surface area contributed by atoms with Crippen molar-refractivity contribution in [1.82, 2.24) is 5.32 Å². The van der Waals surface area contributed by atoms with Crippen LogP contribution in [0.2, 0.25) is 0 Å². The van der Waals surface area contributed by atoms with Gasteiger partial charge in [-0.15, -0.1) is 0 Å². The topological polar surface area (TPSA) is 105 Å². The molecule has 0 amide bonds. The fraction of sp³-hybridized carbons (Fsp3) is 0.400. The first kappa shape index (κ1) is 19.6. The monoisotopic (exact) mass is 343 g/mol. The molecular formula is C20H29N3O2. The lowest BCUT2D eigenvalue weighted by Crippen LogP contribution is -2.47. The van der Waals surface area contributed by atoms with Gasteiger partial charge < -0.3 is 27.0 Å². The maximum atomic E-state index is 10.2. The van der Waals surface area contributed by atoms with Crippen LogP contribution in [0.1, 0.15) is 11.1 Å². The van der Waals surface area contributed by atoms with Crippen molar-refractivity contribution in [3.63, 3.8) is 0 Å². The molecule has 5 nitrogen and oxygen atoms in total. The molecule has 0 aliphatic heterocycles. The number of aliphatic hydroxyl groups is 2. The first-order valence-electron chi connectivity index (χ1n) is 8.72. The van der Waals surface area contributed by atoms with E-state index in [1.165, 1.54) is 0 Å². The largest absolute Gasteiger partial charge is 0.390 e. The molecular weight excluding hydrogens is 314 g/mol. The average Bonchev–Trinajstić information content (AvgIpc) is 2.63. The van der Waals surface area contributed by atoms with Crippen LogP contribution in [0, 0.1) is 0 Å². The van der Waals surface area contributed by atoms with Gasteiger partial charge in [-0.25, -0.2) is 0 Å². The third-order valence-corrected chi connectivity index (χ3v) is 4.32. The van der Waals surface area contributed by atoms with E-state index in [1.807, 2.05) is 60.7 Å². The highest BCUT2D eigenvalue weighted by Gasteiger charge is 2.18. The van der Waals surface area contributed by atoms with Gasteiger partial charge in [0.05, 0.1) is 12.2 Å². The molecule has 0 heterocycles. The zero-order chi connectivity index (χ0) is 18.1. The van der Waals surface area contributed by atoms with Crippen LogP contribution < -0.4 is 16.8 Å². The summed E-state index contributed by atoms with van der Waals surface area (Å²) in [5.41, 5.74) is 14.3. The van der Waals surface area contributed by atoms with Crippen molar-refractivity contribution in [3.05, 3.63) is 71.8 Å². The minimum atomic E-state index is -0.683. The molecule has 2 aromatic carbocycles. The lowest BCUT2D eigenvalue weighted by Gasteiger charge is -2.22. The Hall–Kier alpha value is -1.76. The van der Waals surface area contributed by atoms with E-state index in [-0.39, 0.29) is 12.1 Å². The minimum Gasteiger partial charge on any atom is -0.390 e. The molecule has 136 valence electrons. The normalized spacial score (nSPS) is 16.2. The molecule has 0 aliphatic carbocycles. The fourth-order valence-corrected chi connectivity index (χ4v) is 2.73. The van der Waals surface area contributed by atoms with Crippen molar-refractivity contribution >= 4 is 0 Å². The van der Waals surface area contributed by atoms with Crippen LogP contribution in [0.5, 0.6) is 0 Å². The van der Waals surface area contributed by atoms with Gasteiger partial charge in [-0.2, -0.15) is 0 Å². The van der Waals surface area contributed by atoms with Crippen molar-refractivity contribution in [2.75, 3.05) is 13.1 Å². The van der Waals surface area contributed by atoms with Crippen LogP contribution >= 0.6 is 0 Å². The molecule has 2 rings (SSSR count). The van der Waals surface area contributed by atoms with E-state index in [2.05, 4.69) is 5.32 Å². The molecule has 0 saturated carbocycles. The molecule has 5 heteroatoms. The van der Waals surface area contributed by atoms with Gasteiger partial charge in [0, 0.05) is 25.2 Å². The Kier molecular flexibility index (Phi) is 8.04. The number of hydrogen-bond donors (Lipinski definition) is 5. The number of benzene rings is 2. The maximum Gasteiger partial charge on any atom is 0.0818 e. The van der Waals surface area contributed by atoms with Gasteiger partial charge >= 0.3 is 0 Å². The molecule has 25 heavy (non-hydrogen) atoms. The lowest BCUT2D eigenvalue weighted by atomic mass is 10.0. The van der Waals surface area contributed by atoms with Gasteiger partial charge in [-0.1, -0.05) is 60.7 Å². The smallest absolute Gasteiger partial charge is 0.0818 e. The van der Waals surface area contributed by atoms with E-state index in [0.717, 1.165) is 11.1 Å². The Bertz CT molecular complexity index is 541. The first-order chi connectivity index (χ1) is 12.1. The van der Waals surface area contributed by atoms with Crippen molar-refractivity contribution in [2.24, 2.45) is 11.5 Å². The Morgan fingerprint density at radius 1 is 0.680 bits per heavy atom. The maximum absolute atomic E-state index is 10.2. The highest BCUT2D eigenvalue weighted by Crippen LogP contribution is 2.06. The molecule has 0 aromatic heterocycles. The Morgan fingerprint density at radius 2 is 1.04 bits per heavy atom. The van der Waals surface area contributed by atoms with Crippen molar-refractivity contribution < 1.29 is 10.2 Å². The van der Waals surface area contributed by atoms with Crippen LogP contribution in [-0.4, -0.2) is 47.6 Å². The highest BCUT2D eigenvalue weighted by molar-refractivity contribution is 5.17. The summed E-state index contributed by atoms with van der Waals surface area (Å²) < 4.78 is 0. The van der Waals surface area contributed by atoms with Crippen molar-refractivity contribution in [1.29, 1.82) is 0 Å². The number of hydrogen-bond acceptors (Lipinski definition) is 5. The summed E-state index contributed by atoms with van der Waals surface area (Å²) in [6.07, 6.45) is -0.144. The summed E-state index contributed by atoms with van der Waals surface area (Å²) in [6, 6.07) is 19.0. The summed E-state index contributed by atoms with van der Waals surface area (Å²) in [6.45, 7) is 0.645. The van der Waals surface area contributed by atoms with Crippen LogP contribution in [0.25, 0.3) is 0 Å². The standard InChI is InChI=1S/C20H29N3O2/c21-17(11-15-7-3-1-4-8-15)19(24)13-23-14-20(25)18(22)12-16-9-5-2-6-10-16/h1-10,17-20,23-25H,11-14,21-22H2/t17?,18?,19-,20-/m0/s1. The van der Waals surface area contributed by atoms with E-state index in [4.69, 9.17) is 11.5 Å². The predicted octanol–water partition coefficient (Wildman–Crippen LogP) is 0.438. The number of nitrogens with two attached hydrogens (primary N) is 2. The molecule has 0 saturated heterocycles. The summed E-state index contributed by atoms with van der Waals surface area (Å²) in [5, 5.41) is 23.4. The molecule has 2 unspecified atom stereocenters. The molecule has 0 radical (unpaired) electrons. The molecule has 7 N–H and O–H groups in total. The summed E-state index contributed by atoms with van der Waals surface area (Å²) in [4.78, 5) is 0. The van der Waals surface area contributed by atoms with Gasteiger partial charge in [0.1, 0.15) is 0 Å². The molecule has 0 fully saturated rings. The number of rotatable bonds is 10. The number of aliphatic hydroxyl groups excluding tert-OH is 2. The Morgan fingerprint density at radius 3 is 1.40 bits per heavy atom. The second-order valence-corrected chi connectivity index (χ2v) is 6.50. The second kappa shape index (κ2) is 10.3. The van der Waals surface area contributed by atoms with Crippen LogP contribution in [-0.2, 0) is 12.8 Å². The molecule has 0 spiro atoms. The van der Waals surface area contributed by atoms with Gasteiger partial charge in [0.2, 0.25) is 0 Å². The van der Waals surface area contributed by atoms with Gasteiger partial charge in [0.15, 0.2) is 0 Å².